The van der Waals surface area contributed by atoms with Crippen molar-refractivity contribution in [2.75, 3.05) is 17.1 Å². The molecule has 0 aliphatic heterocycles. The van der Waals surface area contributed by atoms with Crippen LogP contribution in [0.3, 0.4) is 0 Å². The third kappa shape index (κ3) is 8.12. The molecular weight excluding hydrogens is 509 g/mol. The summed E-state index contributed by atoms with van der Waals surface area (Å²) < 4.78 is 26.3. The fourth-order valence-corrected chi connectivity index (χ4v) is 5.04. The van der Waals surface area contributed by atoms with Crippen molar-refractivity contribution in [1.82, 2.24) is 10.2 Å². The molecule has 2 amide bonds. The maximum absolute atomic E-state index is 13.7. The van der Waals surface area contributed by atoms with Crippen molar-refractivity contribution in [2.24, 2.45) is 0 Å². The van der Waals surface area contributed by atoms with Gasteiger partial charge in [-0.05, 0) is 63.4 Å². The van der Waals surface area contributed by atoms with Gasteiger partial charge in [0.25, 0.3) is 0 Å². The van der Waals surface area contributed by atoms with Crippen LogP contribution in [-0.4, -0.2) is 49.5 Å². The number of nitrogens with zero attached hydrogens (tertiary/aromatic N) is 2. The van der Waals surface area contributed by atoms with Crippen molar-refractivity contribution < 1.29 is 18.0 Å². The first-order chi connectivity index (χ1) is 16.1. The van der Waals surface area contributed by atoms with Crippen molar-refractivity contribution in [3.05, 3.63) is 63.6 Å². The Morgan fingerprint density at radius 2 is 1.71 bits per heavy atom. The molecule has 0 heterocycles. The monoisotopic (exact) mass is 541 g/mol. The Balaban J connectivity index is 2.51. The smallest absolute Gasteiger partial charge is 0.244 e. The first-order valence-corrected chi connectivity index (χ1v) is 13.8. The predicted molar refractivity (Wildman–Crippen MR) is 142 cm³/mol. The van der Waals surface area contributed by atoms with Crippen LogP contribution in [0, 0.1) is 6.92 Å². The summed E-state index contributed by atoms with van der Waals surface area (Å²) in [5.41, 5.74) is 1.45. The van der Waals surface area contributed by atoms with Gasteiger partial charge in [-0.1, -0.05) is 54.4 Å². The van der Waals surface area contributed by atoms with Crippen LogP contribution >= 0.6 is 23.2 Å². The van der Waals surface area contributed by atoms with Gasteiger partial charge in [0.1, 0.15) is 12.6 Å². The van der Waals surface area contributed by atoms with Crippen LogP contribution in [0.25, 0.3) is 0 Å². The van der Waals surface area contributed by atoms with Gasteiger partial charge >= 0.3 is 0 Å². The largest absolute Gasteiger partial charge is 0.350 e. The molecule has 2 aromatic rings. The Morgan fingerprint density at radius 1 is 1.09 bits per heavy atom. The van der Waals surface area contributed by atoms with E-state index in [2.05, 4.69) is 5.32 Å². The number of carbonyl (C=O) groups is 2. The molecule has 0 aliphatic carbocycles. The van der Waals surface area contributed by atoms with E-state index in [0.717, 1.165) is 21.7 Å². The Bertz CT molecular complexity index is 1180. The summed E-state index contributed by atoms with van der Waals surface area (Å²) >= 11 is 12.3. The zero-order valence-corrected chi connectivity index (χ0v) is 23.3. The van der Waals surface area contributed by atoms with E-state index in [9.17, 15) is 18.0 Å². The lowest BCUT2D eigenvalue weighted by atomic mass is 10.0. The fourth-order valence-electron chi connectivity index (χ4n) is 3.62. The molecule has 1 N–H and O–H groups in total. The number of halogens is 2. The summed E-state index contributed by atoms with van der Waals surface area (Å²) in [6.45, 7) is 8.94. The molecular formula is C25H33Cl2N3O4S. The molecule has 35 heavy (non-hydrogen) atoms. The molecule has 192 valence electrons. The van der Waals surface area contributed by atoms with Gasteiger partial charge in [-0.15, -0.1) is 0 Å². The summed E-state index contributed by atoms with van der Waals surface area (Å²) in [5.74, 6) is -0.835. The Morgan fingerprint density at radius 3 is 2.23 bits per heavy atom. The molecule has 7 nitrogen and oxygen atoms in total. The number of sulfonamides is 1. The average Bonchev–Trinajstić information content (AvgIpc) is 2.71. The van der Waals surface area contributed by atoms with Gasteiger partial charge in [0.05, 0.1) is 17.0 Å². The van der Waals surface area contributed by atoms with Crippen molar-refractivity contribution in [3.63, 3.8) is 0 Å². The molecule has 0 aromatic heterocycles. The molecule has 0 radical (unpaired) electrons. The van der Waals surface area contributed by atoms with Crippen LogP contribution in [0.2, 0.25) is 10.0 Å². The molecule has 1 atom stereocenters. The van der Waals surface area contributed by atoms with Crippen molar-refractivity contribution in [3.8, 4) is 0 Å². The lowest BCUT2D eigenvalue weighted by Gasteiger charge is -2.35. The number of anilines is 1. The minimum atomic E-state index is -3.89. The number of hydrogen-bond acceptors (Lipinski definition) is 4. The maximum Gasteiger partial charge on any atom is 0.244 e. The summed E-state index contributed by atoms with van der Waals surface area (Å²) in [6, 6.07) is 11.1. The van der Waals surface area contributed by atoms with Gasteiger partial charge in [-0.2, -0.15) is 0 Å². The van der Waals surface area contributed by atoms with Crippen molar-refractivity contribution >= 4 is 50.7 Å². The molecule has 0 saturated carbocycles. The highest BCUT2D eigenvalue weighted by Crippen LogP contribution is 2.30. The minimum Gasteiger partial charge on any atom is -0.350 e. The van der Waals surface area contributed by atoms with Crippen LogP contribution in [-0.2, 0) is 26.2 Å². The van der Waals surface area contributed by atoms with E-state index in [4.69, 9.17) is 23.2 Å². The van der Waals surface area contributed by atoms with Gasteiger partial charge in [-0.25, -0.2) is 8.42 Å². The van der Waals surface area contributed by atoms with E-state index < -0.39 is 34.1 Å². The van der Waals surface area contributed by atoms with Crippen LogP contribution in [0.1, 0.15) is 45.2 Å². The van der Waals surface area contributed by atoms with Crippen molar-refractivity contribution in [2.45, 2.75) is 59.2 Å². The normalized spacial score (nSPS) is 12.7. The first kappa shape index (κ1) is 28.9. The minimum absolute atomic E-state index is 0.0960. The molecule has 10 heteroatoms. The number of hydrogen-bond donors (Lipinski definition) is 1. The number of amides is 2. The van der Waals surface area contributed by atoms with Crippen LogP contribution in [0.4, 0.5) is 5.69 Å². The standard InChI is InChI=1S/C25H33Cl2N3O4S/c1-7-21(24(32)28-25(3,4)5)29(15-18-11-9-8-10-17(18)2)23(31)16-30(35(6,33)34)22-13-12-19(26)14-20(22)27/h8-14,21H,7,15-16H2,1-6H3,(H,28,32)/t21-/m1/s1. The number of aryl methyl sites for hydroxylation is 1. The van der Waals surface area contributed by atoms with Gasteiger partial charge < -0.3 is 10.2 Å². The zero-order chi connectivity index (χ0) is 26.6. The van der Waals surface area contributed by atoms with Gasteiger partial charge in [0.2, 0.25) is 21.8 Å². The topological polar surface area (TPSA) is 86.8 Å². The molecule has 0 aliphatic rings. The summed E-state index contributed by atoms with van der Waals surface area (Å²) in [5, 5.41) is 3.37. The molecule has 0 spiro atoms. The zero-order valence-electron chi connectivity index (χ0n) is 20.9. The third-order valence-electron chi connectivity index (χ3n) is 5.34. The number of benzene rings is 2. The molecule has 2 rings (SSSR count). The Kier molecular flexibility index (Phi) is 9.62. The maximum atomic E-state index is 13.7. The summed E-state index contributed by atoms with van der Waals surface area (Å²) in [7, 11) is -3.89. The van der Waals surface area contributed by atoms with E-state index in [1.807, 2.05) is 58.9 Å². The second-order valence-corrected chi connectivity index (χ2v) is 12.2. The van der Waals surface area contributed by atoms with Crippen LogP contribution in [0.5, 0.6) is 0 Å². The van der Waals surface area contributed by atoms with Crippen LogP contribution < -0.4 is 9.62 Å². The third-order valence-corrected chi connectivity index (χ3v) is 7.01. The number of carbonyl (C=O) groups excluding carboxylic acids is 2. The molecule has 2 aromatic carbocycles. The van der Waals surface area contributed by atoms with E-state index in [1.165, 1.54) is 23.1 Å². The summed E-state index contributed by atoms with van der Waals surface area (Å²) in [4.78, 5) is 28.3. The van der Waals surface area contributed by atoms with Gasteiger partial charge in [-0.3, -0.25) is 13.9 Å². The highest BCUT2D eigenvalue weighted by molar-refractivity contribution is 7.92. The molecule has 0 saturated heterocycles. The van der Waals surface area contributed by atoms with Gasteiger partial charge in [0.15, 0.2) is 0 Å². The second-order valence-electron chi connectivity index (χ2n) is 9.48. The molecule has 0 fully saturated rings. The highest BCUT2D eigenvalue weighted by atomic mass is 35.5. The number of rotatable bonds is 9. The van der Waals surface area contributed by atoms with E-state index in [-0.39, 0.29) is 23.2 Å². The van der Waals surface area contributed by atoms with Crippen molar-refractivity contribution in [1.29, 1.82) is 0 Å². The Hall–Kier alpha value is -2.29. The Labute approximate surface area is 218 Å². The molecule has 0 unspecified atom stereocenters. The quantitative estimate of drug-likeness (QED) is 0.494. The predicted octanol–water partition coefficient (Wildman–Crippen LogP) is 4.79. The van der Waals surface area contributed by atoms with Crippen LogP contribution in [0.15, 0.2) is 42.5 Å². The fraction of sp³-hybridized carbons (Fsp3) is 0.440. The summed E-state index contributed by atoms with van der Waals surface area (Å²) in [6.07, 6.45) is 1.35. The lowest BCUT2D eigenvalue weighted by Crippen LogP contribution is -2.55. The van der Waals surface area contributed by atoms with E-state index in [0.29, 0.717) is 11.4 Å². The molecule has 0 bridgehead atoms. The van der Waals surface area contributed by atoms with Gasteiger partial charge in [0, 0.05) is 17.1 Å². The lowest BCUT2D eigenvalue weighted by molar-refractivity contribution is -0.141. The average molecular weight is 543 g/mol. The number of nitrogens with one attached hydrogen (secondary N) is 1. The van der Waals surface area contributed by atoms with E-state index in [1.54, 1.807) is 0 Å². The second kappa shape index (κ2) is 11.6. The SMILES string of the molecule is CC[C@H](C(=O)NC(C)(C)C)N(Cc1ccccc1C)C(=O)CN(c1ccc(Cl)cc1Cl)S(C)(=O)=O. The first-order valence-electron chi connectivity index (χ1n) is 11.2. The highest BCUT2D eigenvalue weighted by Gasteiger charge is 2.33. The van der Waals surface area contributed by atoms with E-state index >= 15 is 0 Å².